The lowest BCUT2D eigenvalue weighted by Gasteiger charge is -2.10. The van der Waals surface area contributed by atoms with Crippen LogP contribution in [-0.2, 0) is 0 Å². The van der Waals surface area contributed by atoms with Crippen molar-refractivity contribution in [1.29, 1.82) is 0 Å². The second-order valence-corrected chi connectivity index (χ2v) is 8.36. The van der Waals surface area contributed by atoms with Crippen LogP contribution in [0.2, 0.25) is 0 Å². The summed E-state index contributed by atoms with van der Waals surface area (Å²) in [5, 5.41) is 2.90. The number of hydrogen-bond donors (Lipinski definition) is 2. The molecule has 0 fully saturated rings. The van der Waals surface area contributed by atoms with Crippen molar-refractivity contribution in [2.24, 2.45) is 0 Å². The van der Waals surface area contributed by atoms with Gasteiger partial charge in [0.25, 0.3) is 5.91 Å². The molecular weight excluding hydrogens is 426 g/mol. The van der Waals surface area contributed by atoms with Crippen LogP contribution in [0.3, 0.4) is 0 Å². The van der Waals surface area contributed by atoms with E-state index in [-0.39, 0.29) is 10.6 Å². The van der Waals surface area contributed by atoms with Crippen LogP contribution >= 0.6 is 22.7 Å². The number of para-hydroxylation sites is 1. The molecule has 0 atom stereocenters. The molecule has 9 heteroatoms. The van der Waals surface area contributed by atoms with Crippen molar-refractivity contribution in [3.63, 3.8) is 0 Å². The van der Waals surface area contributed by atoms with Crippen LogP contribution in [0.4, 0.5) is 13.9 Å². The molecule has 3 heterocycles. The Labute approximate surface area is 177 Å². The first-order valence-corrected chi connectivity index (χ1v) is 10.5. The Hall–Kier alpha value is -3.43. The molecule has 0 aliphatic carbocycles. The van der Waals surface area contributed by atoms with Gasteiger partial charge in [0.05, 0.1) is 26.4 Å². The van der Waals surface area contributed by atoms with Crippen LogP contribution < -0.4 is 10.9 Å². The number of aromatic nitrogens is 2. The van der Waals surface area contributed by atoms with Crippen molar-refractivity contribution < 1.29 is 13.6 Å². The predicted octanol–water partition coefficient (Wildman–Crippen LogP) is 5.61. The second-order valence-electron chi connectivity index (χ2n) is 6.38. The van der Waals surface area contributed by atoms with Crippen LogP contribution in [0.1, 0.15) is 10.4 Å². The van der Waals surface area contributed by atoms with E-state index in [0.717, 1.165) is 22.3 Å². The molecular formula is C21H12F2N4OS2. The van der Waals surface area contributed by atoms with E-state index < -0.39 is 17.5 Å². The number of hydrazine groups is 1. The van der Waals surface area contributed by atoms with E-state index in [9.17, 15) is 13.6 Å². The largest absolute Gasteiger partial charge is 0.273 e. The summed E-state index contributed by atoms with van der Waals surface area (Å²) in [6.45, 7) is 0. The molecule has 5 nitrogen and oxygen atoms in total. The molecule has 30 heavy (non-hydrogen) atoms. The number of thiophene rings is 1. The molecule has 148 valence electrons. The van der Waals surface area contributed by atoms with E-state index in [1.807, 2.05) is 41.8 Å². The van der Waals surface area contributed by atoms with E-state index in [2.05, 4.69) is 20.8 Å². The summed E-state index contributed by atoms with van der Waals surface area (Å²) in [5.41, 5.74) is 7.18. The zero-order chi connectivity index (χ0) is 20.7. The average Bonchev–Trinajstić information content (AvgIpc) is 3.41. The number of carbonyl (C=O) groups is 1. The maximum atomic E-state index is 13.9. The minimum atomic E-state index is -0.749. The number of amides is 1. The highest BCUT2D eigenvalue weighted by Crippen LogP contribution is 2.29. The lowest BCUT2D eigenvalue weighted by Crippen LogP contribution is -2.29. The number of pyridine rings is 1. The van der Waals surface area contributed by atoms with Crippen LogP contribution in [0.25, 0.3) is 31.7 Å². The standard InChI is InChI=1S/C21H12F2N4OS2/c22-11-8-14(23)19-18(9-11)30-21(25-19)27-26-20(28)13-10-16(17-6-3-7-29-17)24-15-5-2-1-4-12(13)15/h1-10H,(H,25,27)(H,26,28). The van der Waals surface area contributed by atoms with Gasteiger partial charge in [-0.25, -0.2) is 18.7 Å². The Morgan fingerprint density at radius 2 is 1.87 bits per heavy atom. The number of rotatable bonds is 4. The highest BCUT2D eigenvalue weighted by molar-refractivity contribution is 7.22. The molecule has 0 unspecified atom stereocenters. The molecule has 3 aromatic heterocycles. The Kier molecular flexibility index (Phi) is 4.61. The van der Waals surface area contributed by atoms with Crippen molar-refractivity contribution in [3.05, 3.63) is 77.2 Å². The number of anilines is 1. The number of carbonyl (C=O) groups excluding carboxylic acids is 1. The zero-order valence-electron chi connectivity index (χ0n) is 15.1. The number of thiazole rings is 1. The van der Waals surface area contributed by atoms with Gasteiger partial charge < -0.3 is 0 Å². The quantitative estimate of drug-likeness (QED) is 0.358. The summed E-state index contributed by atoms with van der Waals surface area (Å²) in [6, 6.07) is 15.0. The third kappa shape index (κ3) is 3.38. The van der Waals surface area contributed by atoms with Crippen molar-refractivity contribution in [1.82, 2.24) is 15.4 Å². The third-order valence-electron chi connectivity index (χ3n) is 4.43. The number of nitrogens with one attached hydrogen (secondary N) is 2. The van der Waals surface area contributed by atoms with Crippen LogP contribution in [0.5, 0.6) is 0 Å². The minimum absolute atomic E-state index is 0.0486. The summed E-state index contributed by atoms with van der Waals surface area (Å²) in [5.74, 6) is -1.82. The summed E-state index contributed by atoms with van der Waals surface area (Å²) in [4.78, 5) is 22.6. The Bertz CT molecular complexity index is 1400. The SMILES string of the molecule is O=C(NNc1nc2c(F)cc(F)cc2s1)c1cc(-c2cccs2)nc2ccccc12. The Morgan fingerprint density at radius 1 is 1.00 bits per heavy atom. The van der Waals surface area contributed by atoms with Gasteiger partial charge in [-0.05, 0) is 29.6 Å². The van der Waals surface area contributed by atoms with Crippen LogP contribution in [0.15, 0.2) is 60.0 Å². The number of benzene rings is 2. The van der Waals surface area contributed by atoms with Crippen molar-refractivity contribution in [2.45, 2.75) is 0 Å². The van der Waals surface area contributed by atoms with Gasteiger partial charge >= 0.3 is 0 Å². The third-order valence-corrected chi connectivity index (χ3v) is 6.24. The van der Waals surface area contributed by atoms with Crippen molar-refractivity contribution in [2.75, 3.05) is 5.43 Å². The summed E-state index contributed by atoms with van der Waals surface area (Å²) in [6.07, 6.45) is 0. The molecule has 0 aliphatic heterocycles. The predicted molar refractivity (Wildman–Crippen MR) is 116 cm³/mol. The zero-order valence-corrected chi connectivity index (χ0v) is 16.8. The van der Waals surface area contributed by atoms with E-state index in [1.54, 1.807) is 6.07 Å². The first kappa shape index (κ1) is 18.6. The first-order valence-electron chi connectivity index (χ1n) is 8.84. The Balaban J connectivity index is 1.47. The molecule has 0 bridgehead atoms. The number of fused-ring (bicyclic) bond motifs is 2. The normalized spacial score (nSPS) is 11.1. The van der Waals surface area contributed by atoms with Gasteiger partial charge in [0.15, 0.2) is 5.82 Å². The topological polar surface area (TPSA) is 66.9 Å². The summed E-state index contributed by atoms with van der Waals surface area (Å²) in [7, 11) is 0. The monoisotopic (exact) mass is 438 g/mol. The van der Waals surface area contributed by atoms with Crippen molar-refractivity contribution >= 4 is 54.8 Å². The molecule has 1 amide bonds. The molecule has 2 aromatic carbocycles. The van der Waals surface area contributed by atoms with E-state index in [0.29, 0.717) is 26.9 Å². The number of nitrogens with zero attached hydrogens (tertiary/aromatic N) is 2. The molecule has 5 rings (SSSR count). The molecule has 0 spiro atoms. The van der Waals surface area contributed by atoms with Gasteiger partial charge in [0, 0.05) is 11.5 Å². The fraction of sp³-hybridized carbons (Fsp3) is 0. The highest BCUT2D eigenvalue weighted by Gasteiger charge is 2.16. The summed E-state index contributed by atoms with van der Waals surface area (Å²) >= 11 is 2.58. The van der Waals surface area contributed by atoms with Gasteiger partial charge in [-0.3, -0.25) is 15.6 Å². The lowest BCUT2D eigenvalue weighted by molar-refractivity contribution is 0.0964. The minimum Gasteiger partial charge on any atom is -0.273 e. The molecule has 0 radical (unpaired) electrons. The molecule has 0 aliphatic rings. The molecule has 5 aromatic rings. The fourth-order valence-electron chi connectivity index (χ4n) is 3.10. The van der Waals surface area contributed by atoms with Crippen LogP contribution in [-0.4, -0.2) is 15.9 Å². The van der Waals surface area contributed by atoms with Gasteiger partial charge in [-0.2, -0.15) is 0 Å². The molecule has 0 saturated heterocycles. The van der Waals surface area contributed by atoms with E-state index in [1.165, 1.54) is 17.4 Å². The van der Waals surface area contributed by atoms with Crippen molar-refractivity contribution in [3.8, 4) is 10.6 Å². The Morgan fingerprint density at radius 3 is 2.70 bits per heavy atom. The highest BCUT2D eigenvalue weighted by atomic mass is 32.1. The summed E-state index contributed by atoms with van der Waals surface area (Å²) < 4.78 is 27.6. The number of hydrogen-bond acceptors (Lipinski definition) is 6. The van der Waals surface area contributed by atoms with E-state index in [4.69, 9.17) is 0 Å². The van der Waals surface area contributed by atoms with E-state index >= 15 is 0 Å². The van der Waals surface area contributed by atoms with Gasteiger partial charge in [0.2, 0.25) is 5.13 Å². The van der Waals surface area contributed by atoms with Gasteiger partial charge in [-0.1, -0.05) is 35.6 Å². The molecule has 2 N–H and O–H groups in total. The van der Waals surface area contributed by atoms with Crippen LogP contribution in [0, 0.1) is 11.6 Å². The average molecular weight is 438 g/mol. The number of halogens is 2. The van der Waals surface area contributed by atoms with Gasteiger partial charge in [-0.15, -0.1) is 11.3 Å². The fourth-order valence-corrected chi connectivity index (χ4v) is 4.65. The molecule has 0 saturated carbocycles. The van der Waals surface area contributed by atoms with Gasteiger partial charge in [0.1, 0.15) is 11.3 Å². The second kappa shape index (κ2) is 7.43. The smallest absolute Gasteiger partial charge is 0.270 e. The lowest BCUT2D eigenvalue weighted by atomic mass is 10.1. The maximum absolute atomic E-state index is 13.9. The maximum Gasteiger partial charge on any atom is 0.270 e. The first-order chi connectivity index (χ1) is 14.6.